The molecule has 1 amide bonds. The van der Waals surface area contributed by atoms with Gasteiger partial charge in [-0.1, -0.05) is 11.6 Å². The van der Waals surface area contributed by atoms with Gasteiger partial charge in [0.05, 0.1) is 10.6 Å². The fourth-order valence-corrected chi connectivity index (χ4v) is 2.48. The summed E-state index contributed by atoms with van der Waals surface area (Å²) in [7, 11) is 0. The van der Waals surface area contributed by atoms with Crippen molar-refractivity contribution in [3.05, 3.63) is 80.3 Å². The van der Waals surface area contributed by atoms with Gasteiger partial charge in [0.1, 0.15) is 11.6 Å². The second-order valence-electron chi connectivity index (χ2n) is 5.43. The summed E-state index contributed by atoms with van der Waals surface area (Å²) in [5, 5.41) is 17.5. The zero-order valence-electron chi connectivity index (χ0n) is 13.7. The summed E-state index contributed by atoms with van der Waals surface area (Å²) in [5.41, 5.74) is 0.577. The molecule has 0 spiro atoms. The molecule has 0 bridgehead atoms. The molecule has 2 aromatic heterocycles. The van der Waals surface area contributed by atoms with Gasteiger partial charge in [0.2, 0.25) is 5.91 Å². The predicted octanol–water partition coefficient (Wildman–Crippen LogP) is 2.51. The standard InChI is InChI=1S/C17H12ClN5O4/c18-13-4-3-12(8-15(13)23(26)27)20-16(24)10-22-17(25)6-5-14(21-22)11-2-1-7-19-9-11/h1-9H,10H2,(H,20,24). The van der Waals surface area contributed by atoms with Crippen LogP contribution < -0.4 is 10.9 Å². The third-order valence-corrected chi connectivity index (χ3v) is 3.86. The molecule has 9 nitrogen and oxygen atoms in total. The first kappa shape index (κ1) is 18.2. The number of halogens is 1. The Hall–Kier alpha value is -3.59. The van der Waals surface area contributed by atoms with Crippen molar-refractivity contribution in [1.29, 1.82) is 0 Å². The maximum absolute atomic E-state index is 12.2. The number of hydrogen-bond acceptors (Lipinski definition) is 6. The van der Waals surface area contributed by atoms with Gasteiger partial charge in [-0.05, 0) is 30.3 Å². The lowest BCUT2D eigenvalue weighted by molar-refractivity contribution is -0.384. The van der Waals surface area contributed by atoms with Gasteiger partial charge in [-0.15, -0.1) is 0 Å². The van der Waals surface area contributed by atoms with Gasteiger partial charge < -0.3 is 5.32 Å². The average molecular weight is 386 g/mol. The SMILES string of the molecule is O=C(Cn1nc(-c2cccnc2)ccc1=O)Nc1ccc(Cl)c([N+](=O)[O-])c1. The number of amides is 1. The highest BCUT2D eigenvalue weighted by Gasteiger charge is 2.14. The van der Waals surface area contributed by atoms with Crippen LogP contribution in [-0.4, -0.2) is 25.6 Å². The van der Waals surface area contributed by atoms with Crippen LogP contribution in [0.5, 0.6) is 0 Å². The normalized spacial score (nSPS) is 10.4. The summed E-state index contributed by atoms with van der Waals surface area (Å²) in [6, 6.07) is 10.2. The van der Waals surface area contributed by atoms with Crippen molar-refractivity contribution < 1.29 is 9.72 Å². The second kappa shape index (κ2) is 7.75. The first-order chi connectivity index (χ1) is 12.9. The van der Waals surface area contributed by atoms with Crippen LogP contribution in [0.1, 0.15) is 0 Å². The minimum atomic E-state index is -0.651. The molecule has 10 heteroatoms. The smallest absolute Gasteiger partial charge is 0.289 e. The van der Waals surface area contributed by atoms with E-state index in [-0.39, 0.29) is 22.9 Å². The molecule has 0 fully saturated rings. The Morgan fingerprint density at radius 2 is 2.07 bits per heavy atom. The minimum Gasteiger partial charge on any atom is -0.324 e. The number of carbonyl (C=O) groups is 1. The molecule has 0 aliphatic heterocycles. The quantitative estimate of drug-likeness (QED) is 0.532. The lowest BCUT2D eigenvalue weighted by Gasteiger charge is -2.08. The number of pyridine rings is 1. The van der Waals surface area contributed by atoms with Crippen molar-refractivity contribution >= 4 is 28.9 Å². The van der Waals surface area contributed by atoms with Gasteiger partial charge in [0.15, 0.2) is 0 Å². The van der Waals surface area contributed by atoms with Crippen LogP contribution >= 0.6 is 11.6 Å². The fraction of sp³-hybridized carbons (Fsp3) is 0.0588. The number of nitrogens with zero attached hydrogens (tertiary/aromatic N) is 4. The summed E-state index contributed by atoms with van der Waals surface area (Å²) < 4.78 is 1.00. The Labute approximate surface area is 157 Å². The van der Waals surface area contributed by atoms with Crippen molar-refractivity contribution in [2.75, 3.05) is 5.32 Å². The van der Waals surface area contributed by atoms with E-state index in [1.807, 2.05) is 0 Å². The summed E-state index contributed by atoms with van der Waals surface area (Å²) >= 11 is 5.74. The Balaban J connectivity index is 1.79. The summed E-state index contributed by atoms with van der Waals surface area (Å²) in [6.45, 7) is -0.358. The Kier molecular flexibility index (Phi) is 5.23. The van der Waals surface area contributed by atoms with Crippen molar-refractivity contribution in [2.24, 2.45) is 0 Å². The number of nitrogens with one attached hydrogen (secondary N) is 1. The van der Waals surface area contributed by atoms with Crippen molar-refractivity contribution in [1.82, 2.24) is 14.8 Å². The number of benzene rings is 1. The van der Waals surface area contributed by atoms with Crippen LogP contribution in [0.4, 0.5) is 11.4 Å². The zero-order valence-corrected chi connectivity index (χ0v) is 14.5. The van der Waals surface area contributed by atoms with Gasteiger partial charge in [0, 0.05) is 35.8 Å². The number of carbonyl (C=O) groups excluding carboxylic acids is 1. The molecule has 0 radical (unpaired) electrons. The highest BCUT2D eigenvalue weighted by atomic mass is 35.5. The highest BCUT2D eigenvalue weighted by molar-refractivity contribution is 6.32. The largest absolute Gasteiger partial charge is 0.324 e. The summed E-state index contributed by atoms with van der Waals surface area (Å²) in [6.07, 6.45) is 3.20. The molecule has 0 unspecified atom stereocenters. The van der Waals surface area contributed by atoms with Crippen LogP contribution in [0.25, 0.3) is 11.3 Å². The fourth-order valence-electron chi connectivity index (χ4n) is 2.30. The van der Waals surface area contributed by atoms with E-state index in [0.717, 1.165) is 10.7 Å². The van der Waals surface area contributed by atoms with Gasteiger partial charge in [-0.25, -0.2) is 4.68 Å². The van der Waals surface area contributed by atoms with Crippen LogP contribution in [0.2, 0.25) is 5.02 Å². The number of anilines is 1. The average Bonchev–Trinajstić information content (AvgIpc) is 2.65. The van der Waals surface area contributed by atoms with Crippen LogP contribution in [0.3, 0.4) is 0 Å². The van der Waals surface area contributed by atoms with E-state index >= 15 is 0 Å². The van der Waals surface area contributed by atoms with E-state index in [2.05, 4.69) is 15.4 Å². The maximum atomic E-state index is 12.2. The molecular formula is C17H12ClN5O4. The van der Waals surface area contributed by atoms with Crippen LogP contribution in [0, 0.1) is 10.1 Å². The molecule has 136 valence electrons. The number of nitro benzene ring substituents is 1. The van der Waals surface area contributed by atoms with Gasteiger partial charge in [-0.3, -0.25) is 24.7 Å². The molecule has 27 heavy (non-hydrogen) atoms. The first-order valence-corrected chi connectivity index (χ1v) is 8.04. The molecule has 0 saturated carbocycles. The Morgan fingerprint density at radius 3 is 2.78 bits per heavy atom. The predicted molar refractivity (Wildman–Crippen MR) is 98.5 cm³/mol. The number of aromatic nitrogens is 3. The lowest BCUT2D eigenvalue weighted by Crippen LogP contribution is -2.29. The van der Waals surface area contributed by atoms with Gasteiger partial charge in [-0.2, -0.15) is 5.10 Å². The number of rotatable bonds is 5. The van der Waals surface area contributed by atoms with Gasteiger partial charge >= 0.3 is 0 Å². The second-order valence-corrected chi connectivity index (χ2v) is 5.83. The van der Waals surface area contributed by atoms with Crippen LogP contribution in [0.15, 0.2) is 59.7 Å². The molecule has 1 N–H and O–H groups in total. The van der Waals surface area contributed by atoms with E-state index in [1.54, 1.807) is 24.5 Å². The third kappa shape index (κ3) is 4.33. The van der Waals surface area contributed by atoms with Crippen molar-refractivity contribution in [2.45, 2.75) is 6.54 Å². The Morgan fingerprint density at radius 1 is 1.26 bits per heavy atom. The zero-order chi connectivity index (χ0) is 19.4. The van der Waals surface area contributed by atoms with E-state index in [0.29, 0.717) is 11.3 Å². The molecule has 0 saturated heterocycles. The number of hydrogen-bond donors (Lipinski definition) is 1. The summed E-state index contributed by atoms with van der Waals surface area (Å²) in [4.78, 5) is 38.4. The molecule has 1 aromatic carbocycles. The molecule has 0 atom stereocenters. The van der Waals surface area contributed by atoms with E-state index < -0.39 is 16.4 Å². The first-order valence-electron chi connectivity index (χ1n) is 7.66. The third-order valence-electron chi connectivity index (χ3n) is 3.54. The van der Waals surface area contributed by atoms with E-state index in [1.165, 1.54) is 24.3 Å². The maximum Gasteiger partial charge on any atom is 0.289 e. The highest BCUT2D eigenvalue weighted by Crippen LogP contribution is 2.27. The molecule has 3 aromatic rings. The van der Waals surface area contributed by atoms with Crippen LogP contribution in [-0.2, 0) is 11.3 Å². The lowest BCUT2D eigenvalue weighted by atomic mass is 10.2. The molecular weight excluding hydrogens is 374 g/mol. The van der Waals surface area contributed by atoms with Crippen molar-refractivity contribution in [3.8, 4) is 11.3 Å². The molecule has 3 rings (SSSR count). The molecule has 2 heterocycles. The van der Waals surface area contributed by atoms with E-state index in [4.69, 9.17) is 11.6 Å². The topological polar surface area (TPSA) is 120 Å². The van der Waals surface area contributed by atoms with Crippen molar-refractivity contribution in [3.63, 3.8) is 0 Å². The van der Waals surface area contributed by atoms with E-state index in [9.17, 15) is 19.7 Å². The number of nitro groups is 1. The van der Waals surface area contributed by atoms with Gasteiger partial charge in [0.25, 0.3) is 11.2 Å². The molecule has 0 aliphatic rings. The molecule has 0 aliphatic carbocycles. The monoisotopic (exact) mass is 385 g/mol. The summed E-state index contributed by atoms with van der Waals surface area (Å²) in [5.74, 6) is -0.565. The minimum absolute atomic E-state index is 0.0416. The Bertz CT molecular complexity index is 1070.